The Morgan fingerprint density at radius 2 is 0.619 bits per heavy atom. The van der Waals surface area contributed by atoms with E-state index < -0.39 is 0 Å². The Hall–Kier alpha value is -1.21. The highest BCUT2D eigenvalue weighted by molar-refractivity contribution is 5.17. The van der Waals surface area contributed by atoms with Crippen molar-refractivity contribution in [1.29, 1.82) is 0 Å². The smallest absolute Gasteiger partial charge is 0.169 e. The van der Waals surface area contributed by atoms with E-state index in [-0.39, 0.29) is 21.1 Å². The lowest BCUT2D eigenvalue weighted by molar-refractivity contribution is -0.990. The maximum absolute atomic E-state index is 12.6. The van der Waals surface area contributed by atoms with Crippen LogP contribution in [-0.2, 0) is 11.0 Å². The second-order valence-corrected chi connectivity index (χ2v) is 74.0. The predicted octanol–water partition coefficient (Wildman–Crippen LogP) is 35.4. The predicted molar refractivity (Wildman–Crippen MR) is 650 cm³/mol. The van der Waals surface area contributed by atoms with Crippen LogP contribution in [0.5, 0.6) is 0 Å². The second kappa shape index (κ2) is 45.8. The third-order valence-electron chi connectivity index (χ3n) is 47.7. The summed E-state index contributed by atoms with van der Waals surface area (Å²) in [7, 11) is 19.7. The van der Waals surface area contributed by atoms with Gasteiger partial charge < -0.3 is 41.2 Å². The molecule has 0 amide bonds. The first kappa shape index (κ1) is 134. The molecule has 0 N–H and O–H groups in total. The largest absolute Gasteiger partial charge is 0.632 e. The van der Waals surface area contributed by atoms with Crippen LogP contribution in [0.3, 0.4) is 0 Å². The molecule has 9 saturated heterocycles. The summed E-state index contributed by atoms with van der Waals surface area (Å²) >= 11 is 0. The number of rotatable bonds is 2. The van der Waals surface area contributed by atoms with Gasteiger partial charge in [-0.15, -0.1) is 0 Å². The zero-order chi connectivity index (χ0) is 114. The molecule has 10 nitrogen and oxygen atoms in total. The highest BCUT2D eigenvalue weighted by Gasteiger charge is 2.63. The van der Waals surface area contributed by atoms with Crippen molar-refractivity contribution < 1.29 is 40.6 Å². The highest BCUT2D eigenvalue weighted by Crippen LogP contribution is 2.61. The van der Waals surface area contributed by atoms with E-state index in [1.807, 2.05) is 0 Å². The molecular weight excluding hydrogens is 1790 g/mol. The van der Waals surface area contributed by atoms with Crippen molar-refractivity contribution in [2.24, 2.45) is 126 Å². The quantitative estimate of drug-likeness (QED) is 0.165. The number of aromatic nitrogens is 1. The number of likely N-dealkylation sites (tertiary alicyclic amines) is 4. The van der Waals surface area contributed by atoms with Crippen LogP contribution in [0.15, 0.2) is 24.5 Å². The number of hydrogen-bond acceptors (Lipinski definition) is 1. The van der Waals surface area contributed by atoms with Crippen LogP contribution in [0.25, 0.3) is 0 Å². The van der Waals surface area contributed by atoms with Gasteiger partial charge in [0.25, 0.3) is 0 Å². The second-order valence-electron chi connectivity index (χ2n) is 74.0. The molecule has 866 valence electrons. The van der Waals surface area contributed by atoms with Crippen LogP contribution >= 0.6 is 0 Å². The van der Waals surface area contributed by atoms with E-state index in [0.717, 1.165) is 127 Å². The lowest BCUT2D eigenvalue weighted by Gasteiger charge is -2.63. The summed E-state index contributed by atoms with van der Waals surface area (Å²) in [6.45, 7) is 142. The van der Waals surface area contributed by atoms with Crippen molar-refractivity contribution in [2.45, 2.75) is 601 Å². The molecule has 0 aromatic carbocycles. The molecule has 10 unspecified atom stereocenters. The number of quaternary nitrogens is 8. The SMILES string of the molecule is CC(C)(C)C12CC[N+](C(C)(C)C)(CC1)CC2.CC(C)(C)C1C2CCC1C[N+](C)(C(C)(C)C)C2.CC(C)(C)C1CC2CCC(C1)[N+]2(C)C(C)(C)C.CC(C)(C)C1CC2CCC1CC2[N+](C)(C)C(C)(C)C.CC(C)(C)C1CC2C[N+](C)(C(C)(C)C)CC2C1.CC(C)(C)C1CCC([N+](C)(C)C(C)(C)C)CC1.CC(C)(C)C1CC[N+](C)(C(C)(C)C)CC1.CC(C)(C)C1CC[N+]([O-])(C(C)(C)C)CC1.CC(C)(C)c1cc[n+](C(C)(C)C)cc1. The van der Waals surface area contributed by atoms with Crippen LogP contribution < -0.4 is 4.57 Å². The van der Waals surface area contributed by atoms with Crippen molar-refractivity contribution in [3.63, 3.8) is 0 Å². The molecule has 0 radical (unpaired) electrons. The lowest BCUT2D eigenvalue weighted by Crippen LogP contribution is -2.70. The fraction of sp³-hybridized carbons (Fsp3) is 0.964. The number of fused-ring (bicyclic) bond motifs is 11. The van der Waals surface area contributed by atoms with Gasteiger partial charge in [0.2, 0.25) is 0 Å². The summed E-state index contributed by atoms with van der Waals surface area (Å²) in [6.07, 6.45) is 37.0. The van der Waals surface area contributed by atoms with E-state index in [4.69, 9.17) is 0 Å². The maximum atomic E-state index is 12.6. The van der Waals surface area contributed by atoms with Gasteiger partial charge >= 0.3 is 0 Å². The Bertz CT molecular complexity index is 3950. The first-order valence-corrected chi connectivity index (χ1v) is 62.5. The van der Waals surface area contributed by atoms with Crippen LogP contribution in [0.1, 0.15) is 527 Å². The normalized spacial score (nSPS) is 35.5. The molecule has 147 heavy (non-hydrogen) atoms. The molecule has 1 aromatic rings. The molecule has 1 aromatic heterocycles. The summed E-state index contributed by atoms with van der Waals surface area (Å²) in [5.41, 5.74) is 9.04. The molecule has 0 spiro atoms. The van der Waals surface area contributed by atoms with Gasteiger partial charge in [-0.05, 0) is 344 Å². The topological polar surface area (TPSA) is 26.9 Å². The van der Waals surface area contributed by atoms with Crippen molar-refractivity contribution >= 4 is 0 Å². The van der Waals surface area contributed by atoms with E-state index in [2.05, 4.69) is 459 Å². The van der Waals surface area contributed by atoms with Crippen molar-refractivity contribution in [1.82, 2.24) is 0 Å². The average Bonchev–Trinajstić information content (AvgIpc) is 1.04. The van der Waals surface area contributed by atoms with Crippen molar-refractivity contribution in [3.05, 3.63) is 35.3 Å². The fourth-order valence-electron chi connectivity index (χ4n) is 31.7. The Morgan fingerprint density at radius 3 is 0.898 bits per heavy atom. The van der Waals surface area contributed by atoms with Gasteiger partial charge in [0, 0.05) is 140 Å². The van der Waals surface area contributed by atoms with Crippen molar-refractivity contribution in [3.8, 4) is 0 Å². The minimum Gasteiger partial charge on any atom is -0.632 e. The molecule has 6 aliphatic carbocycles. The summed E-state index contributed by atoms with van der Waals surface area (Å²) in [6, 6.07) is 8.00. The van der Waals surface area contributed by atoms with Crippen LogP contribution in [0.4, 0.5) is 0 Å². The third-order valence-corrected chi connectivity index (χ3v) is 47.7. The maximum Gasteiger partial charge on any atom is 0.169 e. The molecule has 8 bridgehead atoms. The van der Waals surface area contributed by atoms with Crippen LogP contribution in [-0.4, -0.2) is 233 Å². The third kappa shape index (κ3) is 32.4. The van der Waals surface area contributed by atoms with Gasteiger partial charge in [0.05, 0.1) is 197 Å². The number of nitrogens with zero attached hydrogens (tertiary/aromatic N) is 9. The first-order valence-electron chi connectivity index (χ1n) is 62.5. The highest BCUT2D eigenvalue weighted by atomic mass is 16.6. The Balaban J connectivity index is 0.000000253. The summed E-state index contributed by atoms with van der Waals surface area (Å²) in [5, 5.41) is 12.6. The number of hydroxylamine groups is 3. The summed E-state index contributed by atoms with van der Waals surface area (Å²) < 4.78 is 11.1. The summed E-state index contributed by atoms with van der Waals surface area (Å²) in [5.74, 6) is 12.3. The minimum absolute atomic E-state index is 0.000417. The molecular formula is C137H275N9O+8. The van der Waals surface area contributed by atoms with E-state index in [0.29, 0.717) is 87.5 Å². The first-order chi connectivity index (χ1) is 65.0. The lowest BCUT2D eigenvalue weighted by atomic mass is 9.55. The van der Waals surface area contributed by atoms with E-state index in [1.54, 1.807) is 0 Å². The molecule has 16 rings (SSSR count). The Kier molecular flexibility index (Phi) is 41.8. The zero-order valence-electron chi connectivity index (χ0n) is 113. The van der Waals surface area contributed by atoms with Gasteiger partial charge in [-0.3, -0.25) is 0 Å². The average molecular weight is 2060 g/mol. The van der Waals surface area contributed by atoms with Crippen LogP contribution in [0, 0.1) is 131 Å². The van der Waals surface area contributed by atoms with Gasteiger partial charge in [-0.1, -0.05) is 187 Å². The number of piperidine rings is 7. The molecule has 15 fully saturated rings. The number of pyridine rings is 1. The molecule has 10 heteroatoms. The van der Waals surface area contributed by atoms with E-state index in [1.165, 1.54) is 231 Å². The molecule has 10 atom stereocenters. The van der Waals surface area contributed by atoms with E-state index >= 15 is 0 Å². The van der Waals surface area contributed by atoms with E-state index in [9.17, 15) is 5.21 Å². The van der Waals surface area contributed by atoms with Crippen LogP contribution in [0.2, 0.25) is 0 Å². The Morgan fingerprint density at radius 1 is 0.293 bits per heavy atom. The number of hydrogen-bond donors (Lipinski definition) is 0. The van der Waals surface area contributed by atoms with Gasteiger partial charge in [0.1, 0.15) is 0 Å². The van der Waals surface area contributed by atoms with Gasteiger partial charge in [-0.25, -0.2) is 4.57 Å². The molecule has 15 aliphatic rings. The molecule has 10 heterocycles. The molecule has 6 saturated carbocycles. The van der Waals surface area contributed by atoms with Gasteiger partial charge in [-0.2, -0.15) is 0 Å². The molecule has 9 aliphatic heterocycles. The standard InChI is InChI=1S/C18H36N.3C16H32N.C16H34N.C15H30N.C14H30N.C13H27NO.C13H22N/c1-17(2,3)15-11-14-10-9-13(15)12-16(14)19(7,8)18(4,5)6;1-15(2,3)14-8-12-10-17(7,16(4,5)6)11-13(12)9-14;1-15(2,3)12-10-13-8-9-14(11-12)17(13,7)16(4,5)6;1-15(2,3)14-12-8-9-13(14)11-17(7,10-12)16(4,5)6;1-15(2,3)13-9-11-14(12-10-13)17(7,8)16(4,5)6;1-13(2,3)15-7-10-16(11-8-15,12-9-15)14(4,5)6;1-13(2,3)12-8-10-15(7,11-9-12)14(4,5)6;1-12(2,3)11-7-9-14(15,10-8-11)13(4,5)6;1-12(2,3)11-7-9-14(10-8-11)13(4,5)6/h13-16H,9-12H2,1-8H3;3*12-14H,8-11H2,1-7H3;13-14H,9-12H2,1-8H3;7-12H2,1-6H3;12H,8-11H2,1-7H3;11H,7-10H2,1-6H3;7-10H,1-6H3/q7*+1;;+1. The Labute approximate surface area is 925 Å². The van der Waals surface area contributed by atoms with Crippen molar-refractivity contribution in [2.75, 3.05) is 128 Å². The minimum atomic E-state index is -0.150. The van der Waals surface area contributed by atoms with Gasteiger partial charge in [0.15, 0.2) is 17.9 Å². The zero-order valence-corrected chi connectivity index (χ0v) is 113. The summed E-state index contributed by atoms with van der Waals surface area (Å²) in [4.78, 5) is 0. The fourth-order valence-corrected chi connectivity index (χ4v) is 31.7. The monoisotopic (exact) mass is 2060 g/mol.